The lowest BCUT2D eigenvalue weighted by Gasteiger charge is -2.12. The number of carbonyl (C=O) groups is 2. The van der Waals surface area contributed by atoms with Crippen LogP contribution in [0.25, 0.3) is 10.9 Å². The van der Waals surface area contributed by atoms with E-state index in [-0.39, 0.29) is 17.0 Å². The molecule has 0 atom stereocenters. The zero-order valence-corrected chi connectivity index (χ0v) is 16.5. The van der Waals surface area contributed by atoms with E-state index in [4.69, 9.17) is 0 Å². The first-order chi connectivity index (χ1) is 14.0. The average molecular weight is 414 g/mol. The number of fused-ring (bicyclic) bond motifs is 1. The average Bonchev–Trinajstić information content (AvgIpc) is 2.70. The first-order valence-electron chi connectivity index (χ1n) is 8.97. The lowest BCUT2D eigenvalue weighted by atomic mass is 10.2. The van der Waals surface area contributed by atoms with Crippen LogP contribution in [0.4, 0.5) is 14.9 Å². The second-order valence-electron chi connectivity index (χ2n) is 6.14. The standard InChI is InChI=1S/C20H19FN4O3S/c1-2-11-25-18(27)13-7-3-5-9-15(13)23-20(25)29-12-17(26)24-19(28)22-16-10-6-4-8-14(16)21/h3-10H,2,11-12H2,1H3,(H2,22,24,26,28). The van der Waals surface area contributed by atoms with Crippen LogP contribution >= 0.6 is 11.8 Å². The van der Waals surface area contributed by atoms with Crippen LogP contribution in [-0.2, 0) is 11.3 Å². The molecule has 1 aromatic heterocycles. The summed E-state index contributed by atoms with van der Waals surface area (Å²) in [6.07, 6.45) is 0.727. The maximum Gasteiger partial charge on any atom is 0.325 e. The molecule has 1 heterocycles. The number of nitrogens with one attached hydrogen (secondary N) is 2. The molecular weight excluding hydrogens is 395 g/mol. The van der Waals surface area contributed by atoms with Crippen molar-refractivity contribution in [3.8, 4) is 0 Å². The van der Waals surface area contributed by atoms with Crippen molar-refractivity contribution in [1.82, 2.24) is 14.9 Å². The molecule has 0 aliphatic heterocycles. The van der Waals surface area contributed by atoms with Crippen molar-refractivity contribution < 1.29 is 14.0 Å². The Morgan fingerprint density at radius 2 is 1.86 bits per heavy atom. The van der Waals surface area contributed by atoms with Crippen molar-refractivity contribution in [3.05, 3.63) is 64.7 Å². The zero-order chi connectivity index (χ0) is 20.8. The lowest BCUT2D eigenvalue weighted by molar-refractivity contribution is -0.117. The van der Waals surface area contributed by atoms with Gasteiger partial charge in [-0.2, -0.15) is 0 Å². The molecule has 9 heteroatoms. The highest BCUT2D eigenvalue weighted by Gasteiger charge is 2.14. The number of amides is 3. The summed E-state index contributed by atoms with van der Waals surface area (Å²) in [5, 5.41) is 5.33. The number of hydrogen-bond acceptors (Lipinski definition) is 5. The SMILES string of the molecule is CCCn1c(SCC(=O)NC(=O)Nc2ccccc2F)nc2ccccc2c1=O. The summed E-state index contributed by atoms with van der Waals surface area (Å²) in [7, 11) is 0. The van der Waals surface area contributed by atoms with Gasteiger partial charge < -0.3 is 5.32 Å². The summed E-state index contributed by atoms with van der Waals surface area (Å²) in [6.45, 7) is 2.41. The van der Waals surface area contributed by atoms with Gasteiger partial charge in [0, 0.05) is 6.54 Å². The highest BCUT2D eigenvalue weighted by Crippen LogP contribution is 2.18. The quantitative estimate of drug-likeness (QED) is 0.476. The molecule has 29 heavy (non-hydrogen) atoms. The number of imide groups is 1. The molecule has 2 aromatic carbocycles. The predicted octanol–water partition coefficient (Wildman–Crippen LogP) is 3.39. The van der Waals surface area contributed by atoms with Crippen molar-refractivity contribution in [2.45, 2.75) is 25.0 Å². The molecule has 0 aliphatic carbocycles. The Morgan fingerprint density at radius 1 is 1.14 bits per heavy atom. The van der Waals surface area contributed by atoms with Crippen LogP contribution in [0.3, 0.4) is 0 Å². The summed E-state index contributed by atoms with van der Waals surface area (Å²) in [6, 6.07) is 11.8. The number of urea groups is 1. The van der Waals surface area contributed by atoms with Gasteiger partial charge in [-0.3, -0.25) is 19.5 Å². The van der Waals surface area contributed by atoms with E-state index >= 15 is 0 Å². The first kappa shape index (κ1) is 20.5. The Kier molecular flexibility index (Phi) is 6.61. The highest BCUT2D eigenvalue weighted by atomic mass is 32.2. The van der Waals surface area contributed by atoms with Gasteiger partial charge in [0.25, 0.3) is 5.56 Å². The van der Waals surface area contributed by atoms with E-state index in [1.165, 1.54) is 22.8 Å². The lowest BCUT2D eigenvalue weighted by Crippen LogP contribution is -2.36. The van der Waals surface area contributed by atoms with Crippen molar-refractivity contribution in [3.63, 3.8) is 0 Å². The van der Waals surface area contributed by atoms with Crippen molar-refractivity contribution in [1.29, 1.82) is 0 Å². The van der Waals surface area contributed by atoms with Crippen molar-refractivity contribution in [2.75, 3.05) is 11.1 Å². The Hall–Kier alpha value is -3.20. The van der Waals surface area contributed by atoms with E-state index in [0.717, 1.165) is 18.2 Å². The molecule has 0 fully saturated rings. The first-order valence-corrected chi connectivity index (χ1v) is 9.96. The van der Waals surface area contributed by atoms with E-state index in [9.17, 15) is 18.8 Å². The number of carbonyl (C=O) groups excluding carboxylic acids is 2. The second kappa shape index (κ2) is 9.33. The summed E-state index contributed by atoms with van der Waals surface area (Å²) < 4.78 is 15.1. The third-order valence-electron chi connectivity index (χ3n) is 3.98. The number of hydrogen-bond donors (Lipinski definition) is 2. The number of aromatic nitrogens is 2. The fourth-order valence-corrected chi connectivity index (χ4v) is 3.51. The topological polar surface area (TPSA) is 93.1 Å². The summed E-state index contributed by atoms with van der Waals surface area (Å²) in [4.78, 5) is 41.2. The molecule has 3 aromatic rings. The molecule has 150 valence electrons. The van der Waals surface area contributed by atoms with Gasteiger partial charge in [0.15, 0.2) is 5.16 Å². The van der Waals surface area contributed by atoms with Gasteiger partial charge in [0.1, 0.15) is 5.82 Å². The Labute approximate surface area is 170 Å². The number of anilines is 1. The van der Waals surface area contributed by atoms with Crippen molar-refractivity contribution in [2.24, 2.45) is 0 Å². The summed E-state index contributed by atoms with van der Waals surface area (Å²) in [5.41, 5.74) is 0.348. The van der Waals surface area contributed by atoms with Crippen LogP contribution in [-0.4, -0.2) is 27.2 Å². The Morgan fingerprint density at radius 3 is 2.62 bits per heavy atom. The molecule has 0 radical (unpaired) electrons. The number of halogens is 1. The molecule has 0 bridgehead atoms. The molecule has 0 saturated carbocycles. The minimum Gasteiger partial charge on any atom is -0.305 e. The van der Waals surface area contributed by atoms with Crippen LogP contribution in [0.5, 0.6) is 0 Å². The van der Waals surface area contributed by atoms with Crippen LogP contribution in [0, 0.1) is 5.82 Å². The zero-order valence-electron chi connectivity index (χ0n) is 15.6. The van der Waals surface area contributed by atoms with E-state index in [1.807, 2.05) is 6.92 Å². The summed E-state index contributed by atoms with van der Waals surface area (Å²) >= 11 is 1.06. The molecule has 0 unspecified atom stereocenters. The number of nitrogens with zero attached hydrogens (tertiary/aromatic N) is 2. The molecule has 0 spiro atoms. The van der Waals surface area contributed by atoms with E-state index in [1.54, 1.807) is 30.3 Å². The van der Waals surface area contributed by atoms with Crippen molar-refractivity contribution >= 4 is 40.3 Å². The highest BCUT2D eigenvalue weighted by molar-refractivity contribution is 7.99. The van der Waals surface area contributed by atoms with Gasteiger partial charge in [-0.1, -0.05) is 43.0 Å². The van der Waals surface area contributed by atoms with E-state index in [2.05, 4.69) is 15.6 Å². The summed E-state index contributed by atoms with van der Waals surface area (Å²) in [5.74, 6) is -1.32. The normalized spacial score (nSPS) is 10.7. The number of benzene rings is 2. The maximum absolute atomic E-state index is 13.6. The van der Waals surface area contributed by atoms with Crippen LogP contribution in [0.2, 0.25) is 0 Å². The molecule has 3 rings (SSSR count). The van der Waals surface area contributed by atoms with Gasteiger partial charge in [-0.15, -0.1) is 0 Å². The Balaban J connectivity index is 1.69. The largest absolute Gasteiger partial charge is 0.325 e. The van der Waals surface area contributed by atoms with E-state index < -0.39 is 17.8 Å². The fourth-order valence-electron chi connectivity index (χ4n) is 2.69. The fraction of sp³-hybridized carbons (Fsp3) is 0.200. The number of thioether (sulfide) groups is 1. The van der Waals surface area contributed by atoms with Gasteiger partial charge in [0.05, 0.1) is 22.3 Å². The molecular formula is C20H19FN4O3S. The minimum absolute atomic E-state index is 0.0292. The molecule has 3 amide bonds. The van der Waals surface area contributed by atoms with Gasteiger partial charge in [-0.05, 0) is 30.7 Å². The van der Waals surface area contributed by atoms with Gasteiger partial charge in [0.2, 0.25) is 5.91 Å². The third kappa shape index (κ3) is 5.00. The third-order valence-corrected chi connectivity index (χ3v) is 4.96. The van der Waals surface area contributed by atoms with Crippen LogP contribution < -0.4 is 16.2 Å². The number of rotatable bonds is 6. The van der Waals surface area contributed by atoms with Crippen LogP contribution in [0.15, 0.2) is 58.5 Å². The van der Waals surface area contributed by atoms with E-state index in [0.29, 0.717) is 22.6 Å². The molecule has 2 N–H and O–H groups in total. The minimum atomic E-state index is -0.835. The van der Waals surface area contributed by atoms with Gasteiger partial charge >= 0.3 is 6.03 Å². The maximum atomic E-state index is 13.6. The van der Waals surface area contributed by atoms with Crippen LogP contribution in [0.1, 0.15) is 13.3 Å². The number of para-hydroxylation sites is 2. The smallest absolute Gasteiger partial charge is 0.305 e. The second-order valence-corrected chi connectivity index (χ2v) is 7.08. The molecule has 7 nitrogen and oxygen atoms in total. The van der Waals surface area contributed by atoms with Gasteiger partial charge in [-0.25, -0.2) is 14.2 Å². The molecule has 0 saturated heterocycles. The predicted molar refractivity (Wildman–Crippen MR) is 111 cm³/mol. The monoisotopic (exact) mass is 414 g/mol. The Bertz CT molecular complexity index is 1120. The molecule has 0 aliphatic rings.